The standard InChI is InChI=1S/C20H19FN6O/c1-12-24-17-7-6-16(13-10-18(22)26-19(23)11-13)25-20(17)27(12)8-9-28-15-4-2-14(21)3-5-15/h2-7,10-11H,8-9H2,1H3,(H4,22,23,26). The Morgan fingerprint density at radius 3 is 2.39 bits per heavy atom. The molecule has 1 aromatic carbocycles. The normalized spacial score (nSPS) is 11.1. The predicted octanol–water partition coefficient (Wildman–Crippen LogP) is 3.18. The quantitative estimate of drug-likeness (QED) is 0.553. The number of aromatic nitrogens is 4. The van der Waals surface area contributed by atoms with Crippen LogP contribution in [0.25, 0.3) is 22.4 Å². The second-order valence-electron chi connectivity index (χ2n) is 6.36. The highest BCUT2D eigenvalue weighted by molar-refractivity contribution is 5.77. The van der Waals surface area contributed by atoms with Gasteiger partial charge in [0.1, 0.15) is 41.2 Å². The van der Waals surface area contributed by atoms with Crippen LogP contribution in [-0.2, 0) is 6.54 Å². The number of anilines is 2. The Morgan fingerprint density at radius 1 is 0.964 bits per heavy atom. The zero-order chi connectivity index (χ0) is 19.7. The third-order valence-electron chi connectivity index (χ3n) is 4.34. The molecule has 0 fully saturated rings. The number of imidazole rings is 1. The molecule has 4 rings (SSSR count). The van der Waals surface area contributed by atoms with Crippen LogP contribution in [0.4, 0.5) is 16.0 Å². The Balaban J connectivity index is 1.60. The molecule has 142 valence electrons. The highest BCUT2D eigenvalue weighted by Crippen LogP contribution is 2.24. The van der Waals surface area contributed by atoms with E-state index in [-0.39, 0.29) is 5.82 Å². The van der Waals surface area contributed by atoms with Gasteiger partial charge in [-0.15, -0.1) is 0 Å². The summed E-state index contributed by atoms with van der Waals surface area (Å²) in [4.78, 5) is 13.3. The molecular weight excluding hydrogens is 359 g/mol. The zero-order valence-electron chi connectivity index (χ0n) is 15.3. The van der Waals surface area contributed by atoms with E-state index in [4.69, 9.17) is 21.2 Å². The van der Waals surface area contributed by atoms with E-state index < -0.39 is 0 Å². The fourth-order valence-electron chi connectivity index (χ4n) is 3.05. The summed E-state index contributed by atoms with van der Waals surface area (Å²) in [5.74, 6) is 1.83. The Hall–Kier alpha value is -3.68. The largest absolute Gasteiger partial charge is 0.492 e. The van der Waals surface area contributed by atoms with Crippen LogP contribution in [0.15, 0.2) is 48.5 Å². The Bertz CT molecular complexity index is 1120. The minimum atomic E-state index is -0.294. The van der Waals surface area contributed by atoms with Gasteiger partial charge < -0.3 is 20.8 Å². The molecule has 3 aromatic heterocycles. The Kier molecular flexibility index (Phi) is 4.52. The molecule has 0 amide bonds. The summed E-state index contributed by atoms with van der Waals surface area (Å²) in [7, 11) is 0. The fraction of sp³-hybridized carbons (Fsp3) is 0.150. The number of nitrogens with two attached hydrogens (primary N) is 2. The molecule has 4 N–H and O–H groups in total. The summed E-state index contributed by atoms with van der Waals surface area (Å²) < 4.78 is 20.7. The lowest BCUT2D eigenvalue weighted by Crippen LogP contribution is -2.10. The molecule has 4 aromatic rings. The number of halogens is 1. The number of rotatable bonds is 5. The van der Waals surface area contributed by atoms with E-state index >= 15 is 0 Å². The van der Waals surface area contributed by atoms with E-state index in [9.17, 15) is 4.39 Å². The van der Waals surface area contributed by atoms with E-state index in [2.05, 4.69) is 9.97 Å². The van der Waals surface area contributed by atoms with Gasteiger partial charge in [0.05, 0.1) is 12.2 Å². The maximum Gasteiger partial charge on any atom is 0.160 e. The van der Waals surface area contributed by atoms with E-state index in [1.54, 1.807) is 24.3 Å². The van der Waals surface area contributed by atoms with Crippen LogP contribution in [0.1, 0.15) is 5.82 Å². The van der Waals surface area contributed by atoms with Crippen molar-refractivity contribution >= 4 is 22.8 Å². The molecule has 0 aliphatic heterocycles. The molecule has 8 heteroatoms. The van der Waals surface area contributed by atoms with Crippen LogP contribution in [-0.4, -0.2) is 26.1 Å². The minimum absolute atomic E-state index is 0.294. The summed E-state index contributed by atoms with van der Waals surface area (Å²) in [5.41, 5.74) is 14.6. The Morgan fingerprint density at radius 2 is 1.68 bits per heavy atom. The van der Waals surface area contributed by atoms with Gasteiger partial charge in [0.25, 0.3) is 0 Å². The molecule has 0 spiro atoms. The first-order valence-electron chi connectivity index (χ1n) is 8.75. The summed E-state index contributed by atoms with van der Waals surface area (Å²) in [6.07, 6.45) is 0. The van der Waals surface area contributed by atoms with Crippen LogP contribution in [0.2, 0.25) is 0 Å². The molecular formula is C20H19FN6O. The monoisotopic (exact) mass is 378 g/mol. The number of nitrogen functional groups attached to an aromatic ring is 2. The van der Waals surface area contributed by atoms with Crippen molar-refractivity contribution in [1.29, 1.82) is 0 Å². The van der Waals surface area contributed by atoms with Crippen LogP contribution in [0, 0.1) is 12.7 Å². The number of pyridine rings is 2. The summed E-state index contributed by atoms with van der Waals surface area (Å²) in [6, 6.07) is 13.2. The molecule has 0 bridgehead atoms. The number of fused-ring (bicyclic) bond motifs is 1. The van der Waals surface area contributed by atoms with Gasteiger partial charge in [0, 0.05) is 5.56 Å². The van der Waals surface area contributed by atoms with Crippen molar-refractivity contribution < 1.29 is 9.13 Å². The highest BCUT2D eigenvalue weighted by Gasteiger charge is 2.11. The van der Waals surface area contributed by atoms with Crippen molar-refractivity contribution in [2.45, 2.75) is 13.5 Å². The van der Waals surface area contributed by atoms with E-state index in [0.717, 1.165) is 28.2 Å². The second-order valence-corrected chi connectivity index (χ2v) is 6.36. The van der Waals surface area contributed by atoms with Gasteiger partial charge >= 0.3 is 0 Å². The lowest BCUT2D eigenvalue weighted by atomic mass is 10.1. The number of nitrogens with zero attached hydrogens (tertiary/aromatic N) is 4. The molecule has 0 radical (unpaired) electrons. The maximum absolute atomic E-state index is 13.0. The highest BCUT2D eigenvalue weighted by atomic mass is 19.1. The molecule has 0 unspecified atom stereocenters. The third-order valence-corrected chi connectivity index (χ3v) is 4.34. The number of hydrogen-bond acceptors (Lipinski definition) is 6. The van der Waals surface area contributed by atoms with Crippen LogP contribution in [0.5, 0.6) is 5.75 Å². The van der Waals surface area contributed by atoms with Gasteiger partial charge in [-0.05, 0) is 55.5 Å². The molecule has 0 aliphatic rings. The third kappa shape index (κ3) is 3.57. The van der Waals surface area contributed by atoms with Gasteiger partial charge in [0.2, 0.25) is 0 Å². The first kappa shape index (κ1) is 17.7. The van der Waals surface area contributed by atoms with Crippen LogP contribution >= 0.6 is 0 Å². The van der Waals surface area contributed by atoms with Gasteiger partial charge in [-0.3, -0.25) is 0 Å². The predicted molar refractivity (Wildman–Crippen MR) is 106 cm³/mol. The average Bonchev–Trinajstić information content (AvgIpc) is 2.97. The van der Waals surface area contributed by atoms with Gasteiger partial charge in [-0.1, -0.05) is 0 Å². The van der Waals surface area contributed by atoms with Crippen molar-refractivity contribution in [1.82, 2.24) is 19.5 Å². The topological polar surface area (TPSA) is 105 Å². The minimum Gasteiger partial charge on any atom is -0.492 e. The maximum atomic E-state index is 13.0. The molecule has 0 aliphatic carbocycles. The number of ether oxygens (including phenoxy) is 1. The smallest absolute Gasteiger partial charge is 0.160 e. The first-order chi connectivity index (χ1) is 13.5. The molecule has 3 heterocycles. The van der Waals surface area contributed by atoms with Gasteiger partial charge in [-0.2, -0.15) is 0 Å². The van der Waals surface area contributed by atoms with Gasteiger partial charge in [0.15, 0.2) is 5.65 Å². The van der Waals surface area contributed by atoms with E-state index in [0.29, 0.717) is 30.5 Å². The lowest BCUT2D eigenvalue weighted by molar-refractivity contribution is 0.298. The molecule has 0 saturated carbocycles. The van der Waals surface area contributed by atoms with E-state index in [1.165, 1.54) is 12.1 Å². The first-order valence-corrected chi connectivity index (χ1v) is 8.75. The molecule has 28 heavy (non-hydrogen) atoms. The van der Waals surface area contributed by atoms with Crippen molar-refractivity contribution in [3.05, 3.63) is 60.2 Å². The summed E-state index contributed by atoms with van der Waals surface area (Å²) in [6.45, 7) is 2.87. The average molecular weight is 378 g/mol. The number of aryl methyl sites for hydroxylation is 1. The number of hydrogen-bond donors (Lipinski definition) is 2. The Labute approximate surface area is 160 Å². The number of benzene rings is 1. The molecule has 7 nitrogen and oxygen atoms in total. The van der Waals surface area contributed by atoms with Crippen molar-refractivity contribution in [2.75, 3.05) is 18.1 Å². The van der Waals surface area contributed by atoms with Crippen LogP contribution < -0.4 is 16.2 Å². The summed E-state index contributed by atoms with van der Waals surface area (Å²) in [5, 5.41) is 0. The molecule has 0 atom stereocenters. The lowest BCUT2D eigenvalue weighted by Gasteiger charge is -2.09. The molecule has 0 saturated heterocycles. The van der Waals surface area contributed by atoms with Crippen molar-refractivity contribution in [2.24, 2.45) is 0 Å². The second kappa shape index (κ2) is 7.15. The van der Waals surface area contributed by atoms with Crippen LogP contribution in [0.3, 0.4) is 0 Å². The van der Waals surface area contributed by atoms with Crippen molar-refractivity contribution in [3.8, 4) is 17.0 Å². The summed E-state index contributed by atoms with van der Waals surface area (Å²) >= 11 is 0. The van der Waals surface area contributed by atoms with Gasteiger partial charge in [-0.25, -0.2) is 19.3 Å². The fourth-order valence-corrected chi connectivity index (χ4v) is 3.05. The van der Waals surface area contributed by atoms with E-state index in [1.807, 2.05) is 23.6 Å². The van der Waals surface area contributed by atoms with Crippen molar-refractivity contribution in [3.63, 3.8) is 0 Å². The SMILES string of the molecule is Cc1nc2ccc(-c3cc(N)nc(N)c3)nc2n1CCOc1ccc(F)cc1. The zero-order valence-corrected chi connectivity index (χ0v) is 15.3.